The van der Waals surface area contributed by atoms with Gasteiger partial charge in [-0.25, -0.2) is 0 Å². The molecule has 0 radical (unpaired) electrons. The Morgan fingerprint density at radius 1 is 1.14 bits per heavy atom. The van der Waals surface area contributed by atoms with Crippen LogP contribution in [0, 0.1) is 24.0 Å². The average molecular weight is 295 g/mol. The Morgan fingerprint density at radius 2 is 1.82 bits per heavy atom. The number of rotatable bonds is 4. The Bertz CT molecular complexity index is 747. The van der Waals surface area contributed by atoms with Crippen LogP contribution < -0.4 is 0 Å². The van der Waals surface area contributed by atoms with Gasteiger partial charge in [0.1, 0.15) is 0 Å². The number of azo groups is 1. The molecule has 0 N–H and O–H groups in total. The molecule has 112 valence electrons. The van der Waals surface area contributed by atoms with E-state index >= 15 is 0 Å². The van der Waals surface area contributed by atoms with Gasteiger partial charge in [0.25, 0.3) is 5.69 Å². The first kappa shape index (κ1) is 15.6. The van der Waals surface area contributed by atoms with E-state index in [9.17, 15) is 10.1 Å². The summed E-state index contributed by atoms with van der Waals surface area (Å²) < 4.78 is 0. The average Bonchev–Trinajstić information content (AvgIpc) is 2.48. The van der Waals surface area contributed by atoms with Crippen molar-refractivity contribution in [2.24, 2.45) is 10.2 Å². The first-order valence-electron chi connectivity index (χ1n) is 6.87. The van der Waals surface area contributed by atoms with Crippen LogP contribution in [-0.2, 0) is 0 Å². The van der Waals surface area contributed by atoms with E-state index in [0.717, 1.165) is 16.8 Å². The third-order valence-electron chi connectivity index (χ3n) is 3.16. The van der Waals surface area contributed by atoms with E-state index in [1.807, 2.05) is 44.2 Å². The zero-order valence-electron chi connectivity index (χ0n) is 12.8. The molecule has 0 aliphatic rings. The van der Waals surface area contributed by atoms with Crippen molar-refractivity contribution in [3.05, 3.63) is 75.0 Å². The van der Waals surface area contributed by atoms with E-state index in [1.165, 1.54) is 17.7 Å². The van der Waals surface area contributed by atoms with Gasteiger partial charge in [0, 0.05) is 12.1 Å². The van der Waals surface area contributed by atoms with Crippen molar-refractivity contribution in [2.75, 3.05) is 0 Å². The molecule has 2 rings (SSSR count). The summed E-state index contributed by atoms with van der Waals surface area (Å²) in [6.07, 6.45) is 1.93. The second kappa shape index (κ2) is 6.76. The van der Waals surface area contributed by atoms with Crippen LogP contribution in [0.25, 0.3) is 6.08 Å². The Kier molecular flexibility index (Phi) is 4.78. The number of aryl methyl sites for hydroxylation is 2. The van der Waals surface area contributed by atoms with Crippen LogP contribution >= 0.6 is 0 Å². The van der Waals surface area contributed by atoms with Crippen molar-refractivity contribution in [3.63, 3.8) is 0 Å². The molecular weight excluding hydrogens is 278 g/mol. The molecule has 0 heterocycles. The van der Waals surface area contributed by atoms with Crippen LogP contribution in [0.15, 0.2) is 58.4 Å². The Hall–Kier alpha value is -2.82. The lowest BCUT2D eigenvalue weighted by Gasteiger charge is -1.99. The number of nitro groups is 1. The van der Waals surface area contributed by atoms with Gasteiger partial charge < -0.3 is 0 Å². The SMILES string of the molecule is C/C(=C/c1ccc(C)cc1)N=Nc1ccc([N+](=O)[O-])cc1C. The fourth-order valence-electron chi connectivity index (χ4n) is 1.93. The van der Waals surface area contributed by atoms with Crippen LogP contribution in [0.4, 0.5) is 11.4 Å². The molecule has 0 spiro atoms. The standard InChI is InChI=1S/C17H17N3O2/c1-12-4-6-15(7-5-12)11-14(3)18-19-17-9-8-16(20(21)22)10-13(17)2/h4-11H,1-3H3/b14-11-,19-18?. The van der Waals surface area contributed by atoms with E-state index in [4.69, 9.17) is 0 Å². The number of hydrogen-bond acceptors (Lipinski definition) is 4. The molecule has 0 aromatic heterocycles. The zero-order chi connectivity index (χ0) is 16.1. The second-order valence-corrected chi connectivity index (χ2v) is 5.12. The van der Waals surface area contributed by atoms with Crippen molar-refractivity contribution in [1.29, 1.82) is 0 Å². The van der Waals surface area contributed by atoms with Gasteiger partial charge in [-0.2, -0.15) is 10.2 Å². The molecule has 0 amide bonds. The number of nitrogens with zero attached hydrogens (tertiary/aromatic N) is 3. The molecule has 0 saturated heterocycles. The summed E-state index contributed by atoms with van der Waals surface area (Å²) in [4.78, 5) is 10.3. The molecule has 0 aliphatic heterocycles. The molecule has 22 heavy (non-hydrogen) atoms. The first-order chi connectivity index (χ1) is 10.5. The minimum Gasteiger partial charge on any atom is -0.258 e. The largest absolute Gasteiger partial charge is 0.269 e. The quantitative estimate of drug-likeness (QED) is 0.433. The van der Waals surface area contributed by atoms with Gasteiger partial charge in [0.2, 0.25) is 0 Å². The highest BCUT2D eigenvalue weighted by molar-refractivity contribution is 5.53. The van der Waals surface area contributed by atoms with E-state index < -0.39 is 4.92 Å². The normalized spacial score (nSPS) is 11.9. The van der Waals surface area contributed by atoms with E-state index in [1.54, 1.807) is 13.0 Å². The Balaban J connectivity index is 2.17. The highest BCUT2D eigenvalue weighted by atomic mass is 16.6. The third kappa shape index (κ3) is 4.09. The predicted molar refractivity (Wildman–Crippen MR) is 87.2 cm³/mol. The molecule has 0 aliphatic carbocycles. The van der Waals surface area contributed by atoms with E-state index in [-0.39, 0.29) is 5.69 Å². The minimum atomic E-state index is -0.420. The number of allylic oxidation sites excluding steroid dienone is 1. The molecule has 0 saturated carbocycles. The topological polar surface area (TPSA) is 67.9 Å². The van der Waals surface area contributed by atoms with Crippen LogP contribution in [-0.4, -0.2) is 4.92 Å². The van der Waals surface area contributed by atoms with Gasteiger partial charge in [0.05, 0.1) is 16.3 Å². The molecule has 0 unspecified atom stereocenters. The summed E-state index contributed by atoms with van der Waals surface area (Å²) >= 11 is 0. The van der Waals surface area contributed by atoms with Crippen LogP contribution in [0.1, 0.15) is 23.6 Å². The van der Waals surface area contributed by atoms with E-state index in [0.29, 0.717) is 5.69 Å². The summed E-state index contributed by atoms with van der Waals surface area (Å²) in [6.45, 7) is 5.68. The molecule has 0 fully saturated rings. The van der Waals surface area contributed by atoms with Crippen LogP contribution in [0.2, 0.25) is 0 Å². The monoisotopic (exact) mass is 295 g/mol. The summed E-state index contributed by atoms with van der Waals surface area (Å²) in [5.41, 5.74) is 4.44. The molecular formula is C17H17N3O2. The summed E-state index contributed by atoms with van der Waals surface area (Å²) in [5, 5.41) is 19.0. The van der Waals surface area contributed by atoms with Crippen molar-refractivity contribution in [2.45, 2.75) is 20.8 Å². The van der Waals surface area contributed by atoms with Crippen molar-refractivity contribution in [1.82, 2.24) is 0 Å². The fraction of sp³-hybridized carbons (Fsp3) is 0.176. The fourth-order valence-corrected chi connectivity index (χ4v) is 1.93. The van der Waals surface area contributed by atoms with Crippen molar-refractivity contribution < 1.29 is 4.92 Å². The molecule has 5 nitrogen and oxygen atoms in total. The third-order valence-corrected chi connectivity index (χ3v) is 3.16. The summed E-state index contributed by atoms with van der Waals surface area (Å²) in [5.74, 6) is 0. The maximum absolute atomic E-state index is 10.7. The molecule has 0 bridgehead atoms. The predicted octanol–water partition coefficient (Wildman–Crippen LogP) is 5.36. The van der Waals surface area contributed by atoms with Crippen molar-refractivity contribution in [3.8, 4) is 0 Å². The summed E-state index contributed by atoms with van der Waals surface area (Å²) in [7, 11) is 0. The minimum absolute atomic E-state index is 0.0587. The van der Waals surface area contributed by atoms with Crippen LogP contribution in [0.3, 0.4) is 0 Å². The van der Waals surface area contributed by atoms with Gasteiger partial charge in [-0.3, -0.25) is 10.1 Å². The number of nitro benzene ring substituents is 1. The first-order valence-corrected chi connectivity index (χ1v) is 6.87. The van der Waals surface area contributed by atoms with Gasteiger partial charge in [0.15, 0.2) is 0 Å². The van der Waals surface area contributed by atoms with Crippen molar-refractivity contribution >= 4 is 17.5 Å². The Morgan fingerprint density at radius 3 is 2.41 bits per heavy atom. The van der Waals surface area contributed by atoms with Gasteiger partial charge in [-0.15, -0.1) is 0 Å². The smallest absolute Gasteiger partial charge is 0.258 e. The second-order valence-electron chi connectivity index (χ2n) is 5.12. The lowest BCUT2D eigenvalue weighted by Crippen LogP contribution is -1.87. The number of hydrogen-bond donors (Lipinski definition) is 0. The lowest BCUT2D eigenvalue weighted by atomic mass is 10.1. The van der Waals surface area contributed by atoms with Gasteiger partial charge in [-0.05, 0) is 44.0 Å². The number of non-ortho nitro benzene ring substituents is 1. The maximum Gasteiger partial charge on any atom is 0.269 e. The van der Waals surface area contributed by atoms with Crippen LogP contribution in [0.5, 0.6) is 0 Å². The van der Waals surface area contributed by atoms with Gasteiger partial charge >= 0.3 is 0 Å². The molecule has 0 atom stereocenters. The number of benzene rings is 2. The highest BCUT2D eigenvalue weighted by Crippen LogP contribution is 2.24. The molecule has 2 aromatic carbocycles. The van der Waals surface area contributed by atoms with Gasteiger partial charge in [-0.1, -0.05) is 29.8 Å². The zero-order valence-corrected chi connectivity index (χ0v) is 12.8. The highest BCUT2D eigenvalue weighted by Gasteiger charge is 2.07. The maximum atomic E-state index is 10.7. The van der Waals surface area contributed by atoms with E-state index in [2.05, 4.69) is 10.2 Å². The lowest BCUT2D eigenvalue weighted by molar-refractivity contribution is -0.384. The molecule has 2 aromatic rings. The summed E-state index contributed by atoms with van der Waals surface area (Å²) in [6, 6.07) is 12.6. The molecule has 5 heteroatoms. The Labute approximate surface area is 129 Å².